The normalized spacial score (nSPS) is 24.7. The summed E-state index contributed by atoms with van der Waals surface area (Å²) in [6.07, 6.45) is 0.228. The Hall–Kier alpha value is -1.18. The summed E-state index contributed by atoms with van der Waals surface area (Å²) in [7, 11) is 0. The molecule has 2 rings (SSSR count). The Kier molecular flexibility index (Phi) is 4.62. The predicted molar refractivity (Wildman–Crippen MR) is 78.4 cm³/mol. The summed E-state index contributed by atoms with van der Waals surface area (Å²) in [4.78, 5) is 13.6. The Morgan fingerprint density at radius 3 is 2.95 bits per heavy atom. The fraction of sp³-hybridized carbons (Fsp3) is 0.692. The molecule has 1 saturated heterocycles. The zero-order valence-electron chi connectivity index (χ0n) is 11.9. The van der Waals surface area contributed by atoms with Crippen LogP contribution in [-0.4, -0.2) is 35.3 Å². The van der Waals surface area contributed by atoms with Crippen LogP contribution >= 0.6 is 11.3 Å². The lowest BCUT2D eigenvalue weighted by Crippen LogP contribution is -2.48. The van der Waals surface area contributed by atoms with Crippen LogP contribution in [0.3, 0.4) is 0 Å². The Labute approximate surface area is 122 Å². The summed E-state index contributed by atoms with van der Waals surface area (Å²) in [6, 6.07) is 1.63. The number of morpholine rings is 1. The maximum atomic E-state index is 11.2. The van der Waals surface area contributed by atoms with E-state index in [2.05, 4.69) is 4.90 Å². The van der Waals surface area contributed by atoms with Crippen LogP contribution in [-0.2, 0) is 4.74 Å². The number of aliphatic hydroxyl groups excluding tert-OH is 1. The SMILES string of the molecule is CCC1COC(C)CN1c1sc(C(C)O)cc1[N+](=O)[O-]. The zero-order valence-corrected chi connectivity index (χ0v) is 12.7. The molecular formula is C13H20N2O4S. The van der Waals surface area contributed by atoms with E-state index < -0.39 is 6.10 Å². The summed E-state index contributed by atoms with van der Waals surface area (Å²) in [5.74, 6) is 0. The van der Waals surface area contributed by atoms with Crippen molar-refractivity contribution in [2.75, 3.05) is 18.1 Å². The third-order valence-electron chi connectivity index (χ3n) is 3.52. The number of nitro groups is 1. The molecule has 0 aromatic carbocycles. The molecule has 0 amide bonds. The Balaban J connectivity index is 2.40. The van der Waals surface area contributed by atoms with E-state index in [1.54, 1.807) is 6.92 Å². The Morgan fingerprint density at radius 2 is 2.40 bits per heavy atom. The average molecular weight is 300 g/mol. The molecule has 0 spiro atoms. The largest absolute Gasteiger partial charge is 0.388 e. The minimum atomic E-state index is -0.689. The summed E-state index contributed by atoms with van der Waals surface area (Å²) in [5.41, 5.74) is 0.0819. The highest BCUT2D eigenvalue weighted by Gasteiger charge is 2.33. The van der Waals surface area contributed by atoms with E-state index in [1.165, 1.54) is 17.4 Å². The minimum absolute atomic E-state index is 0.0505. The topological polar surface area (TPSA) is 75.8 Å². The highest BCUT2D eigenvalue weighted by atomic mass is 32.1. The standard InChI is InChI=1S/C13H20N2O4S/c1-4-10-7-19-8(2)6-14(10)13-11(15(17)18)5-12(20-13)9(3)16/h5,8-10,16H,4,6-7H2,1-3H3. The van der Waals surface area contributed by atoms with Crippen LogP contribution in [0.2, 0.25) is 0 Å². The van der Waals surface area contributed by atoms with Gasteiger partial charge in [0.1, 0.15) is 0 Å². The molecule has 3 atom stereocenters. The van der Waals surface area contributed by atoms with E-state index in [0.717, 1.165) is 6.42 Å². The fourth-order valence-electron chi connectivity index (χ4n) is 2.36. The molecule has 0 aliphatic carbocycles. The second-order valence-electron chi connectivity index (χ2n) is 5.13. The maximum Gasteiger partial charge on any atom is 0.304 e. The molecule has 0 radical (unpaired) electrons. The lowest BCUT2D eigenvalue weighted by atomic mass is 10.1. The number of hydrogen-bond donors (Lipinski definition) is 1. The molecule has 112 valence electrons. The number of nitrogens with zero attached hydrogens (tertiary/aromatic N) is 2. The molecule has 0 saturated carbocycles. The van der Waals surface area contributed by atoms with Crippen LogP contribution in [0.25, 0.3) is 0 Å². The summed E-state index contributed by atoms with van der Waals surface area (Å²) in [5, 5.41) is 21.5. The van der Waals surface area contributed by atoms with Crippen molar-refractivity contribution in [2.24, 2.45) is 0 Å². The van der Waals surface area contributed by atoms with Crippen LogP contribution in [0.4, 0.5) is 10.7 Å². The Morgan fingerprint density at radius 1 is 1.70 bits per heavy atom. The second-order valence-corrected chi connectivity index (χ2v) is 6.19. The van der Waals surface area contributed by atoms with Crippen LogP contribution in [0, 0.1) is 10.1 Å². The molecule has 2 heterocycles. The average Bonchev–Trinajstić information content (AvgIpc) is 2.83. The van der Waals surface area contributed by atoms with Gasteiger partial charge in [-0.25, -0.2) is 0 Å². The van der Waals surface area contributed by atoms with Crippen molar-refractivity contribution in [3.63, 3.8) is 0 Å². The lowest BCUT2D eigenvalue weighted by Gasteiger charge is -2.38. The molecule has 1 aliphatic heterocycles. The molecule has 3 unspecified atom stereocenters. The van der Waals surface area contributed by atoms with Crippen LogP contribution in [0.5, 0.6) is 0 Å². The molecule has 6 nitrogen and oxygen atoms in total. The van der Waals surface area contributed by atoms with Crippen molar-refractivity contribution in [1.82, 2.24) is 0 Å². The van der Waals surface area contributed by atoms with E-state index >= 15 is 0 Å². The number of anilines is 1. The highest BCUT2D eigenvalue weighted by Crippen LogP contribution is 2.42. The van der Waals surface area contributed by atoms with E-state index in [1.807, 2.05) is 13.8 Å². The van der Waals surface area contributed by atoms with Crippen LogP contribution in [0.15, 0.2) is 6.07 Å². The second kappa shape index (κ2) is 6.07. The van der Waals surface area contributed by atoms with Gasteiger partial charge >= 0.3 is 5.69 Å². The first kappa shape index (κ1) is 15.2. The van der Waals surface area contributed by atoms with Crippen molar-refractivity contribution in [2.45, 2.75) is 45.4 Å². The molecular weight excluding hydrogens is 280 g/mol. The first-order valence-corrected chi connectivity index (χ1v) is 7.60. The minimum Gasteiger partial charge on any atom is -0.388 e. The fourth-order valence-corrected chi connectivity index (χ4v) is 3.51. The third kappa shape index (κ3) is 2.94. The summed E-state index contributed by atoms with van der Waals surface area (Å²) >= 11 is 1.30. The van der Waals surface area contributed by atoms with Crippen molar-refractivity contribution in [1.29, 1.82) is 0 Å². The van der Waals surface area contributed by atoms with E-state index in [9.17, 15) is 15.2 Å². The summed E-state index contributed by atoms with van der Waals surface area (Å²) < 4.78 is 5.63. The monoisotopic (exact) mass is 300 g/mol. The first-order chi connectivity index (χ1) is 9.43. The van der Waals surface area contributed by atoms with Gasteiger partial charge in [0.05, 0.1) is 29.8 Å². The van der Waals surface area contributed by atoms with Gasteiger partial charge in [-0.1, -0.05) is 6.92 Å². The molecule has 1 fully saturated rings. The number of rotatable bonds is 4. The number of thiophene rings is 1. The first-order valence-electron chi connectivity index (χ1n) is 6.78. The van der Waals surface area contributed by atoms with Gasteiger partial charge in [0, 0.05) is 17.5 Å². The van der Waals surface area contributed by atoms with Gasteiger partial charge in [-0.15, -0.1) is 11.3 Å². The van der Waals surface area contributed by atoms with E-state index in [0.29, 0.717) is 23.0 Å². The van der Waals surface area contributed by atoms with Crippen molar-refractivity contribution < 1.29 is 14.8 Å². The van der Waals surface area contributed by atoms with Gasteiger partial charge < -0.3 is 14.7 Å². The zero-order chi connectivity index (χ0) is 14.9. The van der Waals surface area contributed by atoms with Gasteiger partial charge in [-0.05, 0) is 20.3 Å². The maximum absolute atomic E-state index is 11.2. The quantitative estimate of drug-likeness (QED) is 0.683. The van der Waals surface area contributed by atoms with Crippen LogP contribution in [0.1, 0.15) is 38.2 Å². The third-order valence-corrected chi connectivity index (χ3v) is 4.85. The van der Waals surface area contributed by atoms with Gasteiger partial charge in [-0.3, -0.25) is 10.1 Å². The molecule has 1 aliphatic rings. The van der Waals surface area contributed by atoms with Gasteiger partial charge in [0.2, 0.25) is 0 Å². The molecule has 7 heteroatoms. The van der Waals surface area contributed by atoms with Gasteiger partial charge in [-0.2, -0.15) is 0 Å². The van der Waals surface area contributed by atoms with Crippen molar-refractivity contribution >= 4 is 22.0 Å². The van der Waals surface area contributed by atoms with Crippen molar-refractivity contribution in [3.8, 4) is 0 Å². The predicted octanol–water partition coefficient (Wildman–Crippen LogP) is 2.71. The molecule has 1 aromatic heterocycles. The Bertz CT molecular complexity index is 489. The smallest absolute Gasteiger partial charge is 0.304 e. The molecule has 1 aromatic rings. The molecule has 0 bridgehead atoms. The van der Waals surface area contributed by atoms with Gasteiger partial charge in [0.15, 0.2) is 5.00 Å². The highest BCUT2D eigenvalue weighted by molar-refractivity contribution is 7.16. The molecule has 1 N–H and O–H groups in total. The molecule has 20 heavy (non-hydrogen) atoms. The van der Waals surface area contributed by atoms with E-state index in [-0.39, 0.29) is 22.8 Å². The van der Waals surface area contributed by atoms with Crippen molar-refractivity contribution in [3.05, 3.63) is 21.1 Å². The number of hydrogen-bond acceptors (Lipinski definition) is 6. The van der Waals surface area contributed by atoms with Crippen LogP contribution < -0.4 is 4.90 Å². The number of aliphatic hydroxyl groups is 1. The summed E-state index contributed by atoms with van der Waals surface area (Å²) in [6.45, 7) is 6.86. The number of ether oxygens (including phenoxy) is 1. The van der Waals surface area contributed by atoms with E-state index in [4.69, 9.17) is 4.74 Å². The lowest BCUT2D eigenvalue weighted by molar-refractivity contribution is -0.383. The van der Waals surface area contributed by atoms with Gasteiger partial charge in [0.25, 0.3) is 0 Å².